The van der Waals surface area contributed by atoms with Gasteiger partial charge in [0.25, 0.3) is 0 Å². The molecule has 4 nitrogen and oxygen atoms in total. The third kappa shape index (κ3) is 5.32. The molecule has 2 N–H and O–H groups in total. The minimum atomic E-state index is -0.255. The van der Waals surface area contributed by atoms with Gasteiger partial charge in [-0.15, -0.1) is 0 Å². The standard InChI is InChI=1S/C16H33N3O/c1-16(2,3)17-11-15(20)13-18-10-7-14(12-18)19-8-5-4-6-9-19/h14-15,17,20H,4-13H2,1-3H3. The molecule has 0 saturated carbocycles. The number of aliphatic hydroxyl groups excluding tert-OH is 1. The molecular formula is C16H33N3O. The Morgan fingerprint density at radius 2 is 1.85 bits per heavy atom. The number of nitrogens with zero attached hydrogens (tertiary/aromatic N) is 2. The first-order valence-electron chi connectivity index (χ1n) is 8.33. The number of rotatable bonds is 5. The molecule has 0 spiro atoms. The molecule has 0 aromatic rings. The Kier molecular flexibility index (Phi) is 5.84. The lowest BCUT2D eigenvalue weighted by atomic mass is 10.1. The molecule has 2 fully saturated rings. The highest BCUT2D eigenvalue weighted by molar-refractivity contribution is 4.86. The van der Waals surface area contributed by atoms with Crippen molar-refractivity contribution >= 4 is 0 Å². The Hall–Kier alpha value is -0.160. The van der Waals surface area contributed by atoms with Crippen LogP contribution in [0, 0.1) is 0 Å². The Morgan fingerprint density at radius 1 is 1.15 bits per heavy atom. The molecule has 0 amide bonds. The zero-order chi connectivity index (χ0) is 14.6. The minimum absolute atomic E-state index is 0.0856. The highest BCUT2D eigenvalue weighted by Gasteiger charge is 2.29. The molecular weight excluding hydrogens is 250 g/mol. The van der Waals surface area contributed by atoms with Crippen LogP contribution >= 0.6 is 0 Å². The van der Waals surface area contributed by atoms with Crippen molar-refractivity contribution in [1.29, 1.82) is 0 Å². The summed E-state index contributed by atoms with van der Waals surface area (Å²) >= 11 is 0. The number of nitrogens with one attached hydrogen (secondary N) is 1. The van der Waals surface area contributed by atoms with Crippen LogP contribution in [0.1, 0.15) is 46.5 Å². The van der Waals surface area contributed by atoms with Crippen molar-refractivity contribution in [2.45, 2.75) is 64.1 Å². The monoisotopic (exact) mass is 283 g/mol. The van der Waals surface area contributed by atoms with Gasteiger partial charge in [-0.25, -0.2) is 0 Å². The Morgan fingerprint density at radius 3 is 2.50 bits per heavy atom. The third-order valence-corrected chi connectivity index (χ3v) is 4.49. The van der Waals surface area contributed by atoms with Gasteiger partial charge in [0.1, 0.15) is 0 Å². The highest BCUT2D eigenvalue weighted by atomic mass is 16.3. The van der Waals surface area contributed by atoms with Crippen molar-refractivity contribution in [2.24, 2.45) is 0 Å². The summed E-state index contributed by atoms with van der Waals surface area (Å²) in [5, 5.41) is 13.5. The van der Waals surface area contributed by atoms with Gasteiger partial charge in [0.05, 0.1) is 6.10 Å². The quantitative estimate of drug-likeness (QED) is 0.798. The summed E-state index contributed by atoms with van der Waals surface area (Å²) in [7, 11) is 0. The zero-order valence-corrected chi connectivity index (χ0v) is 13.6. The molecule has 118 valence electrons. The van der Waals surface area contributed by atoms with Crippen LogP contribution in [0.4, 0.5) is 0 Å². The first-order valence-corrected chi connectivity index (χ1v) is 8.33. The van der Waals surface area contributed by atoms with E-state index < -0.39 is 0 Å². The fraction of sp³-hybridized carbons (Fsp3) is 1.00. The van der Waals surface area contributed by atoms with Crippen LogP contribution in [0.2, 0.25) is 0 Å². The van der Waals surface area contributed by atoms with Crippen molar-refractivity contribution in [1.82, 2.24) is 15.1 Å². The number of likely N-dealkylation sites (tertiary alicyclic amines) is 2. The van der Waals surface area contributed by atoms with E-state index in [1.807, 2.05) is 0 Å². The van der Waals surface area contributed by atoms with E-state index in [1.54, 1.807) is 0 Å². The summed E-state index contributed by atoms with van der Waals surface area (Å²) in [4.78, 5) is 5.11. The molecule has 20 heavy (non-hydrogen) atoms. The second-order valence-corrected chi connectivity index (χ2v) is 7.58. The van der Waals surface area contributed by atoms with Crippen molar-refractivity contribution in [3.63, 3.8) is 0 Å². The van der Waals surface area contributed by atoms with E-state index in [2.05, 4.69) is 35.9 Å². The van der Waals surface area contributed by atoms with Gasteiger partial charge in [-0.3, -0.25) is 9.80 Å². The van der Waals surface area contributed by atoms with E-state index in [0.717, 1.165) is 25.7 Å². The lowest BCUT2D eigenvalue weighted by molar-refractivity contribution is 0.107. The molecule has 2 rings (SSSR count). The molecule has 0 bridgehead atoms. The second-order valence-electron chi connectivity index (χ2n) is 7.58. The molecule has 2 aliphatic heterocycles. The van der Waals surface area contributed by atoms with Crippen LogP contribution in [0.5, 0.6) is 0 Å². The van der Waals surface area contributed by atoms with Gasteiger partial charge in [-0.2, -0.15) is 0 Å². The van der Waals surface area contributed by atoms with E-state index >= 15 is 0 Å². The first kappa shape index (κ1) is 16.2. The fourth-order valence-corrected chi connectivity index (χ4v) is 3.35. The molecule has 2 aliphatic rings. The molecule has 2 saturated heterocycles. The van der Waals surface area contributed by atoms with Gasteiger partial charge < -0.3 is 10.4 Å². The first-order chi connectivity index (χ1) is 9.44. The lowest BCUT2D eigenvalue weighted by Gasteiger charge is -2.32. The van der Waals surface area contributed by atoms with Crippen LogP contribution in [-0.4, -0.2) is 71.9 Å². The van der Waals surface area contributed by atoms with Gasteiger partial charge in [0.15, 0.2) is 0 Å². The summed E-state index contributed by atoms with van der Waals surface area (Å²) in [5.74, 6) is 0. The molecule has 0 aliphatic carbocycles. The van der Waals surface area contributed by atoms with Crippen LogP contribution in [0.3, 0.4) is 0 Å². The largest absolute Gasteiger partial charge is 0.390 e. The molecule has 0 radical (unpaired) electrons. The predicted molar refractivity (Wildman–Crippen MR) is 84.0 cm³/mol. The SMILES string of the molecule is CC(C)(C)NCC(O)CN1CCC(N2CCCCC2)C1. The summed E-state index contributed by atoms with van der Waals surface area (Å²) in [5.41, 5.74) is 0.0856. The maximum Gasteiger partial charge on any atom is 0.0791 e. The highest BCUT2D eigenvalue weighted by Crippen LogP contribution is 2.20. The molecule has 0 aromatic heterocycles. The van der Waals surface area contributed by atoms with Crippen LogP contribution in [0.15, 0.2) is 0 Å². The number of hydrogen-bond acceptors (Lipinski definition) is 4. The van der Waals surface area contributed by atoms with Gasteiger partial charge in [-0.1, -0.05) is 6.42 Å². The lowest BCUT2D eigenvalue weighted by Crippen LogP contribution is -2.45. The number of aliphatic hydroxyl groups is 1. The Balaban J connectivity index is 1.67. The molecule has 4 heteroatoms. The fourth-order valence-electron chi connectivity index (χ4n) is 3.35. The van der Waals surface area contributed by atoms with Gasteiger partial charge in [0.2, 0.25) is 0 Å². The van der Waals surface area contributed by atoms with E-state index in [9.17, 15) is 5.11 Å². The van der Waals surface area contributed by atoms with E-state index in [-0.39, 0.29) is 11.6 Å². The van der Waals surface area contributed by atoms with Gasteiger partial charge in [0, 0.05) is 31.2 Å². The Bertz CT molecular complexity index is 284. The number of piperidine rings is 1. The minimum Gasteiger partial charge on any atom is -0.390 e. The summed E-state index contributed by atoms with van der Waals surface area (Å²) in [6.07, 6.45) is 5.17. The van der Waals surface area contributed by atoms with Crippen LogP contribution in [0.25, 0.3) is 0 Å². The average molecular weight is 283 g/mol. The smallest absolute Gasteiger partial charge is 0.0791 e. The molecule has 2 unspecified atom stereocenters. The Labute approximate surface area is 124 Å². The van der Waals surface area contributed by atoms with Gasteiger partial charge >= 0.3 is 0 Å². The van der Waals surface area contributed by atoms with E-state index in [4.69, 9.17) is 0 Å². The van der Waals surface area contributed by atoms with Gasteiger partial charge in [-0.05, 0) is 59.7 Å². The summed E-state index contributed by atoms with van der Waals surface area (Å²) in [6.45, 7) is 12.8. The third-order valence-electron chi connectivity index (χ3n) is 4.49. The van der Waals surface area contributed by atoms with Crippen molar-refractivity contribution in [2.75, 3.05) is 39.3 Å². The summed E-state index contributed by atoms with van der Waals surface area (Å²) < 4.78 is 0. The van der Waals surface area contributed by atoms with Crippen molar-refractivity contribution < 1.29 is 5.11 Å². The number of β-amino-alcohol motifs (C(OH)–C–C–N with tert-alkyl or cyclic N) is 1. The predicted octanol–water partition coefficient (Wildman–Crippen LogP) is 1.30. The van der Waals surface area contributed by atoms with Crippen LogP contribution < -0.4 is 5.32 Å². The molecule has 0 aromatic carbocycles. The summed E-state index contributed by atoms with van der Waals surface area (Å²) in [6, 6.07) is 0.734. The zero-order valence-electron chi connectivity index (χ0n) is 13.6. The number of hydrogen-bond donors (Lipinski definition) is 2. The normalized spacial score (nSPS) is 27.9. The van der Waals surface area contributed by atoms with Crippen molar-refractivity contribution in [3.05, 3.63) is 0 Å². The average Bonchev–Trinajstić information content (AvgIpc) is 2.85. The topological polar surface area (TPSA) is 38.7 Å². The molecule has 2 heterocycles. The van der Waals surface area contributed by atoms with Crippen LogP contribution in [-0.2, 0) is 0 Å². The maximum absolute atomic E-state index is 10.2. The van der Waals surface area contributed by atoms with E-state index in [1.165, 1.54) is 38.8 Å². The van der Waals surface area contributed by atoms with E-state index in [0.29, 0.717) is 6.54 Å². The van der Waals surface area contributed by atoms with Crippen molar-refractivity contribution in [3.8, 4) is 0 Å². The maximum atomic E-state index is 10.2. The second kappa shape index (κ2) is 7.21. The molecule has 2 atom stereocenters.